The summed E-state index contributed by atoms with van der Waals surface area (Å²) in [6.45, 7) is 1.89. The lowest BCUT2D eigenvalue weighted by molar-refractivity contribution is 0.241. The Kier molecular flexibility index (Phi) is 5.02. The molecule has 1 unspecified atom stereocenters. The van der Waals surface area contributed by atoms with Crippen molar-refractivity contribution in [1.29, 1.82) is 0 Å². The molecule has 4 rings (SSSR count). The smallest absolute Gasteiger partial charge is 0.126 e. The Balaban J connectivity index is 1.53. The maximum absolute atomic E-state index is 13.9. The van der Waals surface area contributed by atoms with Crippen molar-refractivity contribution in [2.75, 3.05) is 6.54 Å². The minimum Gasteiger partial charge on any atom is -0.289 e. The maximum Gasteiger partial charge on any atom is 0.126 e. The molecule has 0 saturated carbocycles. The lowest BCUT2D eigenvalue weighted by Crippen LogP contribution is -2.24. The number of rotatable bonds is 5. The molecule has 4 heteroatoms. The summed E-state index contributed by atoms with van der Waals surface area (Å²) in [5.41, 5.74) is 3.76. The van der Waals surface area contributed by atoms with Gasteiger partial charge in [-0.25, -0.2) is 4.39 Å². The molecular weight excluding hydrogens is 325 g/mol. The Hall–Kier alpha value is -2.59. The van der Waals surface area contributed by atoms with Crippen LogP contribution in [0.4, 0.5) is 4.39 Å². The van der Waals surface area contributed by atoms with Crippen LogP contribution in [-0.4, -0.2) is 21.4 Å². The number of likely N-dealkylation sites (tertiary alicyclic amines) is 1. The van der Waals surface area contributed by atoms with E-state index in [0.29, 0.717) is 18.0 Å². The number of aromatic nitrogens is 2. The van der Waals surface area contributed by atoms with Crippen LogP contribution in [0.5, 0.6) is 0 Å². The van der Waals surface area contributed by atoms with Crippen LogP contribution < -0.4 is 0 Å². The zero-order valence-corrected chi connectivity index (χ0v) is 14.7. The van der Waals surface area contributed by atoms with Crippen LogP contribution in [0, 0.1) is 5.82 Å². The molecule has 0 amide bonds. The Bertz CT molecular complexity index is 866. The van der Waals surface area contributed by atoms with Crippen molar-refractivity contribution < 1.29 is 4.39 Å². The fourth-order valence-electron chi connectivity index (χ4n) is 3.67. The zero-order valence-electron chi connectivity index (χ0n) is 14.7. The lowest BCUT2D eigenvalue weighted by Gasteiger charge is -2.24. The predicted molar refractivity (Wildman–Crippen MR) is 100 cm³/mol. The molecule has 3 heterocycles. The van der Waals surface area contributed by atoms with Crippen molar-refractivity contribution in [3.8, 4) is 0 Å². The van der Waals surface area contributed by atoms with E-state index in [4.69, 9.17) is 4.98 Å². The number of benzene rings is 1. The molecule has 132 valence electrons. The molecule has 1 aromatic carbocycles. The summed E-state index contributed by atoms with van der Waals surface area (Å²) < 4.78 is 13.9. The molecule has 3 aromatic rings. The highest BCUT2D eigenvalue weighted by Gasteiger charge is 2.27. The normalized spacial score (nSPS) is 17.5. The molecule has 2 aromatic heterocycles. The molecule has 0 aliphatic carbocycles. The molecule has 1 aliphatic heterocycles. The van der Waals surface area contributed by atoms with Crippen molar-refractivity contribution >= 4 is 0 Å². The van der Waals surface area contributed by atoms with Gasteiger partial charge in [0, 0.05) is 24.9 Å². The molecule has 1 fully saturated rings. The number of halogens is 1. The molecule has 0 radical (unpaired) electrons. The van der Waals surface area contributed by atoms with E-state index in [1.807, 2.05) is 42.6 Å². The van der Waals surface area contributed by atoms with Gasteiger partial charge >= 0.3 is 0 Å². The first-order chi connectivity index (χ1) is 12.8. The van der Waals surface area contributed by atoms with Crippen LogP contribution in [0.2, 0.25) is 0 Å². The number of pyridine rings is 2. The molecule has 0 bridgehead atoms. The largest absolute Gasteiger partial charge is 0.289 e. The predicted octanol–water partition coefficient (Wildman–Crippen LogP) is 4.54. The molecule has 26 heavy (non-hydrogen) atoms. The van der Waals surface area contributed by atoms with Crippen LogP contribution in [-0.2, 0) is 13.0 Å². The Labute approximate surface area is 153 Å². The molecule has 1 saturated heterocycles. The second kappa shape index (κ2) is 7.75. The average molecular weight is 347 g/mol. The molecule has 0 spiro atoms. The highest BCUT2D eigenvalue weighted by molar-refractivity contribution is 5.25. The fraction of sp³-hybridized carbons (Fsp3) is 0.273. The quantitative estimate of drug-likeness (QED) is 0.678. The minimum atomic E-state index is -0.169. The van der Waals surface area contributed by atoms with Gasteiger partial charge in [0.1, 0.15) is 5.82 Å². The molecule has 1 aliphatic rings. The van der Waals surface area contributed by atoms with E-state index in [1.54, 1.807) is 6.07 Å². The van der Waals surface area contributed by atoms with Crippen molar-refractivity contribution in [3.63, 3.8) is 0 Å². The van der Waals surface area contributed by atoms with E-state index in [2.05, 4.69) is 22.0 Å². The highest BCUT2D eigenvalue weighted by Crippen LogP contribution is 2.32. The first kappa shape index (κ1) is 16.9. The van der Waals surface area contributed by atoms with Gasteiger partial charge in [-0.2, -0.15) is 0 Å². The summed E-state index contributed by atoms with van der Waals surface area (Å²) in [6.07, 6.45) is 4.63. The van der Waals surface area contributed by atoms with Gasteiger partial charge in [0.15, 0.2) is 0 Å². The van der Waals surface area contributed by atoms with Crippen LogP contribution in [0.15, 0.2) is 66.9 Å². The van der Waals surface area contributed by atoms with Crippen LogP contribution in [0.1, 0.15) is 41.5 Å². The van der Waals surface area contributed by atoms with Crippen molar-refractivity contribution in [2.24, 2.45) is 0 Å². The van der Waals surface area contributed by atoms with Gasteiger partial charge in [-0.3, -0.25) is 14.9 Å². The third-order valence-corrected chi connectivity index (χ3v) is 4.95. The van der Waals surface area contributed by atoms with Gasteiger partial charge in [-0.1, -0.05) is 30.3 Å². The highest BCUT2D eigenvalue weighted by atomic mass is 19.1. The number of hydrogen-bond donors (Lipinski definition) is 0. The summed E-state index contributed by atoms with van der Waals surface area (Å²) in [4.78, 5) is 11.7. The zero-order chi connectivity index (χ0) is 17.8. The third kappa shape index (κ3) is 3.81. The van der Waals surface area contributed by atoms with Crippen molar-refractivity contribution in [1.82, 2.24) is 14.9 Å². The molecule has 3 nitrogen and oxygen atoms in total. The van der Waals surface area contributed by atoms with Crippen molar-refractivity contribution in [3.05, 3.63) is 95.3 Å². The van der Waals surface area contributed by atoms with Gasteiger partial charge in [0.2, 0.25) is 0 Å². The van der Waals surface area contributed by atoms with Crippen LogP contribution in [0.25, 0.3) is 0 Å². The lowest BCUT2D eigenvalue weighted by atomic mass is 10.1. The van der Waals surface area contributed by atoms with Gasteiger partial charge in [-0.15, -0.1) is 0 Å². The summed E-state index contributed by atoms with van der Waals surface area (Å²) >= 11 is 0. The summed E-state index contributed by atoms with van der Waals surface area (Å²) in [6, 6.07) is 19.4. The van der Waals surface area contributed by atoms with E-state index in [0.717, 1.165) is 43.0 Å². The summed E-state index contributed by atoms with van der Waals surface area (Å²) in [7, 11) is 0. The molecule has 1 atom stereocenters. The van der Waals surface area contributed by atoms with E-state index >= 15 is 0 Å². The van der Waals surface area contributed by atoms with E-state index in [1.165, 1.54) is 6.07 Å². The third-order valence-electron chi connectivity index (χ3n) is 4.95. The first-order valence-corrected chi connectivity index (χ1v) is 9.13. The number of nitrogens with zero attached hydrogens (tertiary/aromatic N) is 3. The molecular formula is C22H22FN3. The van der Waals surface area contributed by atoms with Gasteiger partial charge in [-0.05, 0) is 55.3 Å². The second-order valence-electron chi connectivity index (χ2n) is 6.77. The summed E-state index contributed by atoms with van der Waals surface area (Å²) in [5, 5.41) is 0. The SMILES string of the molecule is Fc1ccccc1Cc1cccc(C2CCCN2Cc2ccccn2)n1. The van der Waals surface area contributed by atoms with Crippen LogP contribution in [0.3, 0.4) is 0 Å². The van der Waals surface area contributed by atoms with Gasteiger partial charge < -0.3 is 0 Å². The maximum atomic E-state index is 13.9. The monoisotopic (exact) mass is 347 g/mol. The van der Waals surface area contributed by atoms with Crippen molar-refractivity contribution in [2.45, 2.75) is 31.8 Å². The topological polar surface area (TPSA) is 29.0 Å². The van der Waals surface area contributed by atoms with E-state index in [-0.39, 0.29) is 5.82 Å². The fourth-order valence-corrected chi connectivity index (χ4v) is 3.67. The average Bonchev–Trinajstić information content (AvgIpc) is 3.13. The molecule has 0 N–H and O–H groups in total. The first-order valence-electron chi connectivity index (χ1n) is 9.13. The van der Waals surface area contributed by atoms with E-state index < -0.39 is 0 Å². The van der Waals surface area contributed by atoms with E-state index in [9.17, 15) is 4.39 Å². The van der Waals surface area contributed by atoms with Gasteiger partial charge in [0.05, 0.1) is 17.4 Å². The summed E-state index contributed by atoms with van der Waals surface area (Å²) in [5.74, 6) is -0.169. The Morgan fingerprint density at radius 1 is 0.962 bits per heavy atom. The number of hydrogen-bond acceptors (Lipinski definition) is 3. The Morgan fingerprint density at radius 3 is 2.65 bits per heavy atom. The van der Waals surface area contributed by atoms with Crippen LogP contribution >= 0.6 is 0 Å². The standard InChI is InChI=1S/C22H22FN3/c23-20-10-2-1-7-17(20)15-18-9-5-11-21(25-18)22-12-6-14-26(22)16-19-8-3-4-13-24-19/h1-5,7-11,13,22H,6,12,14-16H2. The van der Waals surface area contributed by atoms with Gasteiger partial charge in [0.25, 0.3) is 0 Å². The minimum absolute atomic E-state index is 0.169. The second-order valence-corrected chi connectivity index (χ2v) is 6.77. The Morgan fingerprint density at radius 2 is 1.81 bits per heavy atom.